The molecule has 0 unspecified atom stereocenters. The topological polar surface area (TPSA) is 80.9 Å². The normalized spacial score (nSPS) is 12.5. The van der Waals surface area contributed by atoms with Crippen LogP contribution in [0.1, 0.15) is 31.8 Å². The van der Waals surface area contributed by atoms with Crippen molar-refractivity contribution in [3.63, 3.8) is 0 Å². The molecule has 1 heterocycles. The minimum Gasteiger partial charge on any atom is -0.349 e. The van der Waals surface area contributed by atoms with Crippen molar-refractivity contribution in [3.05, 3.63) is 23.8 Å². The highest BCUT2D eigenvalue weighted by molar-refractivity contribution is 5.81. The monoisotopic (exact) mass is 236 g/mol. The van der Waals surface area contributed by atoms with E-state index in [0.29, 0.717) is 24.7 Å². The minimum absolute atomic E-state index is 0.130. The number of hydrogen-bond acceptors (Lipinski definition) is 4. The average Bonchev–Trinajstić information content (AvgIpc) is 2.25. The fourth-order valence-electron chi connectivity index (χ4n) is 1.53. The van der Waals surface area contributed by atoms with E-state index in [1.165, 1.54) is 0 Å². The maximum absolute atomic E-state index is 11.7. The molecule has 0 aliphatic carbocycles. The van der Waals surface area contributed by atoms with Crippen molar-refractivity contribution in [2.75, 3.05) is 0 Å². The Morgan fingerprint density at radius 2 is 2.24 bits per heavy atom. The Morgan fingerprint density at radius 1 is 1.53 bits per heavy atom. The summed E-state index contributed by atoms with van der Waals surface area (Å²) < 4.78 is 0. The van der Waals surface area contributed by atoms with Crippen molar-refractivity contribution in [2.24, 2.45) is 11.7 Å². The Kier molecular flexibility index (Phi) is 5.03. The molecule has 1 amide bonds. The molecule has 1 aromatic heterocycles. The molecule has 0 saturated carbocycles. The number of carbonyl (C=O) groups is 1. The van der Waals surface area contributed by atoms with Crippen LogP contribution in [-0.4, -0.2) is 21.9 Å². The van der Waals surface area contributed by atoms with Gasteiger partial charge in [0.1, 0.15) is 5.82 Å². The first-order chi connectivity index (χ1) is 7.99. The van der Waals surface area contributed by atoms with Crippen LogP contribution in [0.5, 0.6) is 0 Å². The molecule has 0 aliphatic rings. The van der Waals surface area contributed by atoms with Gasteiger partial charge in [0.05, 0.1) is 18.3 Å². The van der Waals surface area contributed by atoms with Crippen molar-refractivity contribution in [1.29, 1.82) is 0 Å². The molecule has 1 atom stereocenters. The number of nitrogens with two attached hydrogens (primary N) is 1. The smallest absolute Gasteiger partial charge is 0.237 e. The summed E-state index contributed by atoms with van der Waals surface area (Å²) in [7, 11) is 0. The standard InChI is InChI=1S/C12H20N4O/c1-8(2)6-11(13)12(17)15-7-10-4-5-14-9(3)16-10/h4-5,8,11H,6-7,13H2,1-3H3,(H,15,17)/t11-/m0/s1. The lowest BCUT2D eigenvalue weighted by Crippen LogP contribution is -2.41. The zero-order chi connectivity index (χ0) is 12.8. The second-order valence-electron chi connectivity index (χ2n) is 4.55. The van der Waals surface area contributed by atoms with Crippen LogP contribution >= 0.6 is 0 Å². The molecule has 5 nitrogen and oxygen atoms in total. The summed E-state index contributed by atoms with van der Waals surface area (Å²) in [4.78, 5) is 19.8. The van der Waals surface area contributed by atoms with Gasteiger partial charge in [-0.1, -0.05) is 13.8 Å². The van der Waals surface area contributed by atoms with Crippen LogP contribution in [0.3, 0.4) is 0 Å². The zero-order valence-electron chi connectivity index (χ0n) is 10.6. The molecule has 1 aromatic rings. The number of aromatic nitrogens is 2. The molecule has 0 spiro atoms. The van der Waals surface area contributed by atoms with Gasteiger partial charge in [0.25, 0.3) is 0 Å². The van der Waals surface area contributed by atoms with Crippen LogP contribution in [0.25, 0.3) is 0 Å². The molecule has 3 N–H and O–H groups in total. The van der Waals surface area contributed by atoms with E-state index in [1.54, 1.807) is 12.3 Å². The number of hydrogen-bond donors (Lipinski definition) is 2. The van der Waals surface area contributed by atoms with Gasteiger partial charge >= 0.3 is 0 Å². The summed E-state index contributed by atoms with van der Waals surface area (Å²) in [5.41, 5.74) is 6.56. The van der Waals surface area contributed by atoms with Gasteiger partial charge in [0.2, 0.25) is 5.91 Å². The number of nitrogens with zero attached hydrogens (tertiary/aromatic N) is 2. The van der Waals surface area contributed by atoms with Gasteiger partial charge in [0, 0.05) is 6.20 Å². The quantitative estimate of drug-likeness (QED) is 0.791. The van der Waals surface area contributed by atoms with Crippen LogP contribution in [0.15, 0.2) is 12.3 Å². The van der Waals surface area contributed by atoms with E-state index >= 15 is 0 Å². The minimum atomic E-state index is -0.446. The van der Waals surface area contributed by atoms with Crippen LogP contribution in [0, 0.1) is 12.8 Å². The Bertz CT molecular complexity index is 379. The van der Waals surface area contributed by atoms with Crippen molar-refractivity contribution < 1.29 is 4.79 Å². The maximum atomic E-state index is 11.7. The Morgan fingerprint density at radius 3 is 2.82 bits per heavy atom. The molecular formula is C12H20N4O. The molecule has 5 heteroatoms. The zero-order valence-corrected chi connectivity index (χ0v) is 10.6. The van der Waals surface area contributed by atoms with E-state index in [0.717, 1.165) is 5.69 Å². The fraction of sp³-hybridized carbons (Fsp3) is 0.583. The predicted molar refractivity (Wildman–Crippen MR) is 66.0 cm³/mol. The van der Waals surface area contributed by atoms with E-state index < -0.39 is 6.04 Å². The van der Waals surface area contributed by atoms with E-state index in [-0.39, 0.29) is 5.91 Å². The number of aryl methyl sites for hydroxylation is 1. The summed E-state index contributed by atoms with van der Waals surface area (Å²) >= 11 is 0. The number of nitrogens with one attached hydrogen (secondary N) is 1. The summed E-state index contributed by atoms with van der Waals surface area (Å²) in [6, 6.07) is 1.33. The Hall–Kier alpha value is -1.49. The van der Waals surface area contributed by atoms with Crippen molar-refractivity contribution >= 4 is 5.91 Å². The van der Waals surface area contributed by atoms with Gasteiger partial charge in [-0.25, -0.2) is 9.97 Å². The SMILES string of the molecule is Cc1nccc(CNC(=O)[C@@H](N)CC(C)C)n1. The Balaban J connectivity index is 2.43. The van der Waals surface area contributed by atoms with Gasteiger partial charge in [0.15, 0.2) is 0 Å². The van der Waals surface area contributed by atoms with Crippen molar-refractivity contribution in [2.45, 2.75) is 39.8 Å². The molecule has 0 saturated heterocycles. The molecule has 17 heavy (non-hydrogen) atoms. The average molecular weight is 236 g/mol. The summed E-state index contributed by atoms with van der Waals surface area (Å²) in [5, 5.41) is 2.78. The first-order valence-corrected chi connectivity index (χ1v) is 5.81. The van der Waals surface area contributed by atoms with Gasteiger partial charge in [-0.3, -0.25) is 4.79 Å². The molecule has 94 valence electrons. The van der Waals surface area contributed by atoms with Crippen LogP contribution in [0.2, 0.25) is 0 Å². The van der Waals surface area contributed by atoms with Crippen molar-refractivity contribution in [1.82, 2.24) is 15.3 Å². The summed E-state index contributed by atoms with van der Waals surface area (Å²) in [5.74, 6) is 0.982. The van der Waals surface area contributed by atoms with Gasteiger partial charge in [-0.2, -0.15) is 0 Å². The fourth-order valence-corrected chi connectivity index (χ4v) is 1.53. The van der Waals surface area contributed by atoms with Crippen LogP contribution in [-0.2, 0) is 11.3 Å². The summed E-state index contributed by atoms with van der Waals surface area (Å²) in [6.45, 7) is 6.30. The lowest BCUT2D eigenvalue weighted by molar-refractivity contribution is -0.122. The third-order valence-corrected chi connectivity index (χ3v) is 2.34. The first kappa shape index (κ1) is 13.6. The predicted octanol–water partition coefficient (Wildman–Crippen LogP) is 0.775. The highest BCUT2D eigenvalue weighted by atomic mass is 16.2. The van der Waals surface area contributed by atoms with E-state index in [9.17, 15) is 4.79 Å². The molecule has 0 aliphatic heterocycles. The number of rotatable bonds is 5. The lowest BCUT2D eigenvalue weighted by atomic mass is 10.0. The van der Waals surface area contributed by atoms with Gasteiger partial charge < -0.3 is 11.1 Å². The Labute approximate surface area is 102 Å². The lowest BCUT2D eigenvalue weighted by Gasteiger charge is -2.13. The molecule has 0 bridgehead atoms. The van der Waals surface area contributed by atoms with Crippen LogP contribution < -0.4 is 11.1 Å². The first-order valence-electron chi connectivity index (χ1n) is 5.81. The summed E-state index contributed by atoms with van der Waals surface area (Å²) in [6.07, 6.45) is 2.37. The molecule has 0 aromatic carbocycles. The molecule has 0 radical (unpaired) electrons. The second kappa shape index (κ2) is 6.30. The van der Waals surface area contributed by atoms with Crippen LogP contribution in [0.4, 0.5) is 0 Å². The highest BCUT2D eigenvalue weighted by Gasteiger charge is 2.14. The van der Waals surface area contributed by atoms with E-state index in [2.05, 4.69) is 15.3 Å². The van der Waals surface area contributed by atoms with Gasteiger partial charge in [-0.05, 0) is 25.3 Å². The van der Waals surface area contributed by atoms with E-state index in [4.69, 9.17) is 5.73 Å². The van der Waals surface area contributed by atoms with Crippen molar-refractivity contribution in [3.8, 4) is 0 Å². The van der Waals surface area contributed by atoms with Gasteiger partial charge in [-0.15, -0.1) is 0 Å². The third-order valence-electron chi connectivity index (χ3n) is 2.34. The van der Waals surface area contributed by atoms with E-state index in [1.807, 2.05) is 20.8 Å². The maximum Gasteiger partial charge on any atom is 0.237 e. The third kappa shape index (κ3) is 4.91. The number of carbonyl (C=O) groups excluding carboxylic acids is 1. The molecule has 0 fully saturated rings. The second-order valence-corrected chi connectivity index (χ2v) is 4.55. The largest absolute Gasteiger partial charge is 0.349 e. The molecule has 1 rings (SSSR count). The number of amides is 1. The highest BCUT2D eigenvalue weighted by Crippen LogP contribution is 2.03. The molecular weight excluding hydrogens is 216 g/mol.